The fraction of sp³-hybridized carbons (Fsp3) is 0.556. The zero-order valence-electron chi connectivity index (χ0n) is 10.1. The third kappa shape index (κ3) is 4.35. The van der Waals surface area contributed by atoms with E-state index in [0.717, 1.165) is 7.11 Å². The highest BCUT2D eigenvalue weighted by Gasteiger charge is 2.21. The van der Waals surface area contributed by atoms with Gasteiger partial charge in [0.15, 0.2) is 11.5 Å². The van der Waals surface area contributed by atoms with E-state index in [1.54, 1.807) is 0 Å². The minimum atomic E-state index is -3.68. The van der Waals surface area contributed by atoms with Crippen LogP contribution in [0, 0.1) is 0 Å². The Hall–Kier alpha value is -1.35. The topological polar surface area (TPSA) is 101 Å². The number of nitrogens with one attached hydrogen (secondary N) is 2. The summed E-state index contributed by atoms with van der Waals surface area (Å²) in [5.41, 5.74) is -0.148. The highest BCUT2D eigenvalue weighted by Crippen LogP contribution is 2.24. The van der Waals surface area contributed by atoms with E-state index in [9.17, 15) is 17.6 Å². The van der Waals surface area contributed by atoms with Crippen LogP contribution in [-0.2, 0) is 14.8 Å². The number of nitrogens with zero attached hydrogens (tertiary/aromatic N) is 1. The summed E-state index contributed by atoms with van der Waals surface area (Å²) >= 11 is 5.78. The number of methoxy groups -OCH3 is 1. The number of halogens is 2. The number of aromatic nitrogens is 2. The minimum absolute atomic E-state index is 0.148. The van der Waals surface area contributed by atoms with E-state index >= 15 is 0 Å². The Labute approximate surface area is 114 Å². The Morgan fingerprint density at radius 2 is 2.21 bits per heavy atom. The lowest BCUT2D eigenvalue weighted by molar-refractivity contribution is 0.0594. The molecule has 1 heterocycles. The average Bonchev–Trinajstić information content (AvgIpc) is 2.70. The molecule has 7 nitrogen and oxygen atoms in total. The molecule has 1 aromatic heterocycles. The number of carbonyl (C=O) groups is 1. The van der Waals surface area contributed by atoms with Crippen LogP contribution in [0.25, 0.3) is 0 Å². The number of H-pyrrole nitrogens is 1. The number of aromatic amines is 1. The number of alkyl halides is 1. The quantitative estimate of drug-likeness (QED) is 0.584. The van der Waals surface area contributed by atoms with Gasteiger partial charge in [-0.1, -0.05) is 11.6 Å². The number of rotatable bonds is 7. The fourth-order valence-electron chi connectivity index (χ4n) is 1.22. The predicted molar refractivity (Wildman–Crippen MR) is 67.6 cm³/mol. The number of ether oxygens (including phenoxy) is 1. The molecule has 1 rings (SSSR count). The predicted octanol–water partition coefficient (Wildman–Crippen LogP) is 1.34. The van der Waals surface area contributed by atoms with Crippen molar-refractivity contribution < 1.29 is 22.3 Å². The summed E-state index contributed by atoms with van der Waals surface area (Å²) in [4.78, 5) is 11.2. The molecule has 10 heteroatoms. The molecule has 0 radical (unpaired) electrons. The molecule has 0 spiro atoms. The van der Waals surface area contributed by atoms with Gasteiger partial charge in [-0.15, -0.1) is 0 Å². The Balaban J connectivity index is 2.77. The van der Waals surface area contributed by atoms with Gasteiger partial charge in [0.05, 0.1) is 19.5 Å². The number of carbonyl (C=O) groups excluding carboxylic acids is 1. The Morgan fingerprint density at radius 1 is 1.53 bits per heavy atom. The van der Waals surface area contributed by atoms with Gasteiger partial charge in [-0.05, 0) is 12.8 Å². The van der Waals surface area contributed by atoms with Crippen molar-refractivity contribution in [2.75, 3.05) is 24.3 Å². The lowest BCUT2D eigenvalue weighted by atomic mass is 10.4. The second-order valence-corrected chi connectivity index (χ2v) is 5.79. The third-order valence-corrected chi connectivity index (χ3v) is 3.84. The first-order valence-corrected chi connectivity index (χ1v) is 7.33. The molecular weight excluding hydrogens is 301 g/mol. The molecule has 108 valence electrons. The van der Waals surface area contributed by atoms with Gasteiger partial charge >= 0.3 is 5.97 Å². The largest absolute Gasteiger partial charge is 0.464 e. The van der Waals surface area contributed by atoms with E-state index in [1.165, 1.54) is 0 Å². The molecule has 0 saturated heterocycles. The summed E-state index contributed by atoms with van der Waals surface area (Å²) in [6.07, 6.45) is 0.334. The third-order valence-electron chi connectivity index (χ3n) is 2.15. The van der Waals surface area contributed by atoms with Crippen LogP contribution in [0.2, 0.25) is 5.02 Å². The van der Waals surface area contributed by atoms with E-state index in [1.807, 2.05) is 0 Å². The highest BCUT2D eigenvalue weighted by atomic mass is 35.5. The number of sulfonamides is 1. The van der Waals surface area contributed by atoms with Gasteiger partial charge in [-0.2, -0.15) is 5.10 Å². The van der Waals surface area contributed by atoms with Crippen LogP contribution in [-0.4, -0.2) is 44.1 Å². The molecule has 0 bridgehead atoms. The van der Waals surface area contributed by atoms with E-state index in [0.29, 0.717) is 0 Å². The van der Waals surface area contributed by atoms with Gasteiger partial charge in [0.25, 0.3) is 0 Å². The van der Waals surface area contributed by atoms with Crippen molar-refractivity contribution in [2.45, 2.75) is 12.8 Å². The Morgan fingerprint density at radius 3 is 2.79 bits per heavy atom. The summed E-state index contributed by atoms with van der Waals surface area (Å²) in [6, 6.07) is 0. The van der Waals surface area contributed by atoms with Gasteiger partial charge in [-0.25, -0.2) is 13.2 Å². The maximum absolute atomic E-state index is 11.9. The smallest absolute Gasteiger partial charge is 0.357 e. The first-order valence-electron chi connectivity index (χ1n) is 5.30. The second-order valence-electron chi connectivity index (χ2n) is 3.57. The van der Waals surface area contributed by atoms with Crippen LogP contribution >= 0.6 is 11.6 Å². The van der Waals surface area contributed by atoms with Gasteiger partial charge in [0, 0.05) is 0 Å². The molecule has 0 atom stereocenters. The molecule has 0 amide bonds. The average molecular weight is 314 g/mol. The highest BCUT2D eigenvalue weighted by molar-refractivity contribution is 7.92. The Kier molecular flexibility index (Phi) is 5.55. The van der Waals surface area contributed by atoms with Crippen molar-refractivity contribution in [1.82, 2.24) is 10.2 Å². The number of anilines is 1. The molecule has 0 saturated carbocycles. The van der Waals surface area contributed by atoms with E-state index < -0.39 is 22.7 Å². The molecule has 2 N–H and O–H groups in total. The zero-order chi connectivity index (χ0) is 14.5. The summed E-state index contributed by atoms with van der Waals surface area (Å²) in [6.45, 7) is -0.578. The van der Waals surface area contributed by atoms with Crippen LogP contribution in [0.4, 0.5) is 10.2 Å². The van der Waals surface area contributed by atoms with Crippen LogP contribution in [0.3, 0.4) is 0 Å². The summed E-state index contributed by atoms with van der Waals surface area (Å²) < 4.78 is 41.7. The van der Waals surface area contributed by atoms with Crippen LogP contribution < -0.4 is 4.72 Å². The van der Waals surface area contributed by atoms with Crippen molar-refractivity contribution in [3.8, 4) is 0 Å². The molecule has 0 aliphatic heterocycles. The molecule has 0 unspecified atom stereocenters. The summed E-state index contributed by atoms with van der Waals surface area (Å²) in [5, 5.41) is 5.67. The summed E-state index contributed by atoms with van der Waals surface area (Å²) in [7, 11) is -2.53. The van der Waals surface area contributed by atoms with Gasteiger partial charge in [0.2, 0.25) is 10.0 Å². The lowest BCUT2D eigenvalue weighted by Gasteiger charge is -2.04. The van der Waals surface area contributed by atoms with E-state index in [-0.39, 0.29) is 35.1 Å². The van der Waals surface area contributed by atoms with Crippen LogP contribution in [0.1, 0.15) is 23.3 Å². The molecule has 19 heavy (non-hydrogen) atoms. The van der Waals surface area contributed by atoms with Crippen LogP contribution in [0.5, 0.6) is 0 Å². The molecular formula is C9H13ClFN3O4S. The zero-order valence-corrected chi connectivity index (χ0v) is 11.6. The van der Waals surface area contributed by atoms with E-state index in [2.05, 4.69) is 19.7 Å². The molecule has 0 fully saturated rings. The van der Waals surface area contributed by atoms with Crippen molar-refractivity contribution in [1.29, 1.82) is 0 Å². The monoisotopic (exact) mass is 313 g/mol. The molecule has 0 aliphatic carbocycles. The van der Waals surface area contributed by atoms with Gasteiger partial charge in [0.1, 0.15) is 5.02 Å². The standard InChI is InChI=1S/C9H13ClFN3O4S/c1-18-9(15)7-6(10)8(13-12-7)14-19(16,17)5-3-2-4-11/h2-5H2,1H3,(H2,12,13,14). The fourth-order valence-corrected chi connectivity index (χ4v) is 2.61. The normalized spacial score (nSPS) is 11.3. The number of esters is 1. The number of hydrogen-bond donors (Lipinski definition) is 2. The first-order chi connectivity index (χ1) is 8.91. The first kappa shape index (κ1) is 15.7. The lowest BCUT2D eigenvalue weighted by Crippen LogP contribution is -2.17. The number of hydrogen-bond acceptors (Lipinski definition) is 5. The minimum Gasteiger partial charge on any atom is -0.464 e. The van der Waals surface area contributed by atoms with Crippen molar-refractivity contribution in [3.05, 3.63) is 10.7 Å². The molecule has 0 aliphatic rings. The van der Waals surface area contributed by atoms with Gasteiger partial charge < -0.3 is 4.74 Å². The van der Waals surface area contributed by atoms with Gasteiger partial charge in [-0.3, -0.25) is 14.2 Å². The Bertz CT molecular complexity index is 546. The van der Waals surface area contributed by atoms with E-state index in [4.69, 9.17) is 11.6 Å². The number of unbranched alkanes of at least 4 members (excludes halogenated alkanes) is 1. The SMILES string of the molecule is COC(=O)c1[nH]nc(NS(=O)(=O)CCCCF)c1Cl. The molecule has 0 aromatic carbocycles. The van der Waals surface area contributed by atoms with Crippen molar-refractivity contribution >= 4 is 33.4 Å². The second kappa shape index (κ2) is 6.71. The molecule has 1 aromatic rings. The maximum Gasteiger partial charge on any atom is 0.357 e. The maximum atomic E-state index is 11.9. The van der Waals surface area contributed by atoms with Crippen molar-refractivity contribution in [3.63, 3.8) is 0 Å². The summed E-state index contributed by atoms with van der Waals surface area (Å²) in [5.74, 6) is -1.21. The van der Waals surface area contributed by atoms with Crippen molar-refractivity contribution in [2.24, 2.45) is 0 Å². The van der Waals surface area contributed by atoms with Crippen LogP contribution in [0.15, 0.2) is 0 Å².